The predicted molar refractivity (Wildman–Crippen MR) is 130 cm³/mol. The number of fused-ring (bicyclic) bond motifs is 1. The normalized spacial score (nSPS) is 13.8. The third kappa shape index (κ3) is 4.40. The molecule has 32 heavy (non-hydrogen) atoms. The van der Waals surface area contributed by atoms with Crippen LogP contribution in [0.25, 0.3) is 6.08 Å². The molecule has 0 amide bonds. The summed E-state index contributed by atoms with van der Waals surface area (Å²) in [6.07, 6.45) is 1.81. The van der Waals surface area contributed by atoms with Crippen LogP contribution in [0.1, 0.15) is 46.5 Å². The van der Waals surface area contributed by atoms with E-state index in [4.69, 9.17) is 9.47 Å². The summed E-state index contributed by atoms with van der Waals surface area (Å²) in [4.78, 5) is 15.3. The molecule has 1 heterocycles. The number of hydrogen-bond donors (Lipinski definition) is 0. The van der Waals surface area contributed by atoms with Gasteiger partial charge in [-0.15, -0.1) is 0 Å². The van der Waals surface area contributed by atoms with Crippen molar-refractivity contribution in [1.82, 2.24) is 0 Å². The molecule has 0 fully saturated rings. The van der Waals surface area contributed by atoms with Crippen LogP contribution >= 0.6 is 0 Å². The Morgan fingerprint density at radius 3 is 2.34 bits per heavy atom. The zero-order valence-corrected chi connectivity index (χ0v) is 19.1. The number of anilines is 1. The summed E-state index contributed by atoms with van der Waals surface area (Å²) < 4.78 is 12.0. The van der Waals surface area contributed by atoms with Gasteiger partial charge in [-0.3, -0.25) is 4.79 Å². The Bertz CT molecular complexity index is 1160. The molecule has 0 saturated heterocycles. The molecule has 0 N–H and O–H groups in total. The van der Waals surface area contributed by atoms with Crippen molar-refractivity contribution in [3.8, 4) is 11.5 Å². The molecule has 1 aliphatic heterocycles. The highest BCUT2D eigenvalue weighted by Gasteiger charge is 2.30. The fourth-order valence-corrected chi connectivity index (χ4v) is 4.02. The van der Waals surface area contributed by atoms with Crippen LogP contribution in [0.15, 0.2) is 66.4 Å². The van der Waals surface area contributed by atoms with Crippen LogP contribution in [-0.2, 0) is 6.61 Å². The van der Waals surface area contributed by atoms with Gasteiger partial charge in [-0.25, -0.2) is 0 Å². The number of Topliss-reactive ketones (excluding diaryl/α,β-unsaturated/α-hetero) is 1. The van der Waals surface area contributed by atoms with Gasteiger partial charge in [-0.05, 0) is 74.2 Å². The quantitative estimate of drug-likeness (QED) is 0.412. The van der Waals surface area contributed by atoms with Crippen molar-refractivity contribution in [2.75, 3.05) is 18.0 Å². The van der Waals surface area contributed by atoms with Crippen LogP contribution in [0.3, 0.4) is 0 Å². The molecule has 3 aromatic carbocycles. The van der Waals surface area contributed by atoms with Crippen molar-refractivity contribution in [3.63, 3.8) is 0 Å². The highest BCUT2D eigenvalue weighted by molar-refractivity contribution is 6.15. The van der Waals surface area contributed by atoms with E-state index in [2.05, 4.69) is 49.9 Å². The van der Waals surface area contributed by atoms with Gasteiger partial charge in [0.2, 0.25) is 5.78 Å². The first kappa shape index (κ1) is 21.7. The summed E-state index contributed by atoms with van der Waals surface area (Å²) in [7, 11) is 0. The van der Waals surface area contributed by atoms with E-state index in [1.807, 2.05) is 49.4 Å². The zero-order chi connectivity index (χ0) is 22.7. The molecule has 4 rings (SSSR count). The van der Waals surface area contributed by atoms with E-state index in [1.165, 1.54) is 11.3 Å². The lowest BCUT2D eigenvalue weighted by Crippen LogP contribution is -2.21. The molecule has 4 nitrogen and oxygen atoms in total. The third-order valence-corrected chi connectivity index (χ3v) is 5.92. The second-order valence-corrected chi connectivity index (χ2v) is 8.03. The summed E-state index contributed by atoms with van der Waals surface area (Å²) in [6, 6.07) is 20.1. The topological polar surface area (TPSA) is 38.8 Å². The van der Waals surface area contributed by atoms with E-state index in [9.17, 15) is 4.79 Å². The Kier molecular flexibility index (Phi) is 6.31. The maximum Gasteiger partial charge on any atom is 0.232 e. The van der Waals surface area contributed by atoms with Gasteiger partial charge in [0, 0.05) is 24.8 Å². The number of hydrogen-bond acceptors (Lipinski definition) is 4. The van der Waals surface area contributed by atoms with Gasteiger partial charge in [0.05, 0.1) is 5.56 Å². The van der Waals surface area contributed by atoms with Crippen molar-refractivity contribution in [1.29, 1.82) is 0 Å². The average Bonchev–Trinajstić information content (AvgIpc) is 3.10. The second-order valence-electron chi connectivity index (χ2n) is 8.03. The third-order valence-electron chi connectivity index (χ3n) is 5.92. The minimum Gasteiger partial charge on any atom is -0.489 e. The van der Waals surface area contributed by atoms with E-state index in [0.29, 0.717) is 29.4 Å². The van der Waals surface area contributed by atoms with Gasteiger partial charge in [0.25, 0.3) is 0 Å². The molecule has 0 saturated carbocycles. The molecular weight excluding hydrogens is 398 g/mol. The summed E-state index contributed by atoms with van der Waals surface area (Å²) in [6.45, 7) is 10.7. The van der Waals surface area contributed by atoms with E-state index < -0.39 is 0 Å². The maximum absolute atomic E-state index is 13.0. The van der Waals surface area contributed by atoms with Crippen LogP contribution in [0, 0.1) is 13.8 Å². The number of carbonyl (C=O) groups is 1. The molecule has 0 atom stereocenters. The molecule has 0 unspecified atom stereocenters. The molecule has 3 aromatic rings. The van der Waals surface area contributed by atoms with Crippen molar-refractivity contribution < 1.29 is 14.3 Å². The molecule has 4 heteroatoms. The first-order valence-electron chi connectivity index (χ1n) is 11.1. The van der Waals surface area contributed by atoms with Crippen LogP contribution in [0.4, 0.5) is 5.69 Å². The van der Waals surface area contributed by atoms with Crippen LogP contribution in [0.5, 0.6) is 11.5 Å². The summed E-state index contributed by atoms with van der Waals surface area (Å²) in [5.41, 5.74) is 5.90. The minimum atomic E-state index is -0.0872. The maximum atomic E-state index is 13.0. The molecule has 0 aromatic heterocycles. The lowest BCUT2D eigenvalue weighted by molar-refractivity contribution is 0.101. The number of nitrogens with zero attached hydrogens (tertiary/aromatic N) is 1. The van der Waals surface area contributed by atoms with Gasteiger partial charge >= 0.3 is 0 Å². The van der Waals surface area contributed by atoms with Gasteiger partial charge in [0.1, 0.15) is 18.1 Å². The molecule has 1 aliphatic rings. The molecule has 0 bridgehead atoms. The zero-order valence-electron chi connectivity index (χ0n) is 19.1. The van der Waals surface area contributed by atoms with Gasteiger partial charge < -0.3 is 14.4 Å². The first-order valence-corrected chi connectivity index (χ1v) is 11.1. The second kappa shape index (κ2) is 9.31. The smallest absolute Gasteiger partial charge is 0.232 e. The Labute approximate surface area is 190 Å². The molecular formula is C28H29NO3. The minimum absolute atomic E-state index is 0.0872. The Hall–Kier alpha value is -3.53. The number of ketones is 1. The van der Waals surface area contributed by atoms with Gasteiger partial charge in [-0.1, -0.05) is 36.4 Å². The van der Waals surface area contributed by atoms with Crippen molar-refractivity contribution >= 4 is 17.5 Å². The lowest BCUT2D eigenvalue weighted by atomic mass is 10.0. The highest BCUT2D eigenvalue weighted by Crippen LogP contribution is 2.38. The van der Waals surface area contributed by atoms with Gasteiger partial charge in [-0.2, -0.15) is 0 Å². The van der Waals surface area contributed by atoms with Crippen LogP contribution in [-0.4, -0.2) is 18.9 Å². The molecule has 0 aliphatic carbocycles. The largest absolute Gasteiger partial charge is 0.489 e. The van der Waals surface area contributed by atoms with Crippen molar-refractivity contribution in [2.24, 2.45) is 0 Å². The van der Waals surface area contributed by atoms with Crippen LogP contribution < -0.4 is 14.4 Å². The summed E-state index contributed by atoms with van der Waals surface area (Å²) in [5, 5.41) is 0. The highest BCUT2D eigenvalue weighted by atomic mass is 16.5. The standard InChI is InChI=1S/C28H29NO3/c1-5-29(6-2)23-13-11-21(12-14-23)16-26-28(30)27-20(4)15-24(17-25(27)32-26)31-18-22-10-8-7-9-19(22)3/h7-17H,5-6,18H2,1-4H3/b26-16-. The molecule has 0 spiro atoms. The Morgan fingerprint density at radius 1 is 0.938 bits per heavy atom. The predicted octanol–water partition coefficient (Wildman–Crippen LogP) is 6.34. The van der Waals surface area contributed by atoms with E-state index in [1.54, 1.807) is 0 Å². The van der Waals surface area contributed by atoms with Gasteiger partial charge in [0.15, 0.2) is 5.76 Å². The summed E-state index contributed by atoms with van der Waals surface area (Å²) >= 11 is 0. The molecule has 164 valence electrons. The van der Waals surface area contributed by atoms with E-state index in [-0.39, 0.29) is 5.78 Å². The lowest BCUT2D eigenvalue weighted by Gasteiger charge is -2.20. The number of carbonyl (C=O) groups excluding carboxylic acids is 1. The van der Waals surface area contributed by atoms with Crippen molar-refractivity contribution in [3.05, 3.63) is 94.2 Å². The summed E-state index contributed by atoms with van der Waals surface area (Å²) in [5.74, 6) is 1.51. The fraction of sp³-hybridized carbons (Fsp3) is 0.250. The average molecular weight is 428 g/mol. The first-order chi connectivity index (χ1) is 15.5. The van der Waals surface area contributed by atoms with Crippen molar-refractivity contribution in [2.45, 2.75) is 34.3 Å². The number of rotatable bonds is 7. The number of ether oxygens (including phenoxy) is 2. The van der Waals surface area contributed by atoms with E-state index >= 15 is 0 Å². The monoisotopic (exact) mass is 427 g/mol. The Balaban J connectivity index is 1.53. The number of allylic oxidation sites excluding steroid dienone is 1. The number of aryl methyl sites for hydroxylation is 2. The van der Waals surface area contributed by atoms with Crippen LogP contribution in [0.2, 0.25) is 0 Å². The SMILES string of the molecule is CCN(CC)c1ccc(/C=C2\Oc3cc(OCc4ccccc4C)cc(C)c3C2=O)cc1. The fourth-order valence-electron chi connectivity index (χ4n) is 4.02. The molecule has 0 radical (unpaired) electrons. The van der Waals surface area contributed by atoms with E-state index in [0.717, 1.165) is 29.8 Å². The Morgan fingerprint density at radius 2 is 1.66 bits per heavy atom. The number of benzene rings is 3.